The van der Waals surface area contributed by atoms with E-state index in [1.807, 2.05) is 11.1 Å². The highest BCUT2D eigenvalue weighted by atomic mass is 79.9. The molecule has 0 atom stereocenters. The molecule has 0 aliphatic rings. The van der Waals surface area contributed by atoms with E-state index >= 15 is 0 Å². The van der Waals surface area contributed by atoms with Crippen LogP contribution in [0, 0.1) is 0 Å². The minimum absolute atomic E-state index is 1.11. The van der Waals surface area contributed by atoms with Crippen molar-refractivity contribution in [3.8, 4) is 0 Å². The van der Waals surface area contributed by atoms with Gasteiger partial charge >= 0.3 is 0 Å². The second kappa shape index (κ2) is 5.14. The number of hydrogen-bond acceptors (Lipinski definition) is 0. The van der Waals surface area contributed by atoms with Gasteiger partial charge in [0.2, 0.25) is 0 Å². The SMILES string of the molecule is BrC=CCCc1ccccc1. The Morgan fingerprint density at radius 1 is 1.18 bits per heavy atom. The number of allylic oxidation sites excluding steroid dienone is 1. The zero-order valence-electron chi connectivity index (χ0n) is 6.33. The zero-order chi connectivity index (χ0) is 7.94. The van der Waals surface area contributed by atoms with Crippen molar-refractivity contribution in [1.82, 2.24) is 0 Å². The molecule has 1 aromatic carbocycles. The predicted molar refractivity (Wildman–Crippen MR) is 52.8 cm³/mol. The molecule has 0 aromatic heterocycles. The van der Waals surface area contributed by atoms with Gasteiger partial charge in [0.05, 0.1) is 0 Å². The molecular weight excluding hydrogens is 200 g/mol. The monoisotopic (exact) mass is 210 g/mol. The largest absolute Gasteiger partial charge is 0.0773 e. The van der Waals surface area contributed by atoms with Gasteiger partial charge in [-0.05, 0) is 23.4 Å². The molecular formula is C10H11Br. The summed E-state index contributed by atoms with van der Waals surface area (Å²) in [4.78, 5) is 1.91. The van der Waals surface area contributed by atoms with Gasteiger partial charge in [0.25, 0.3) is 0 Å². The molecule has 1 aromatic rings. The fourth-order valence-corrected chi connectivity index (χ4v) is 1.22. The van der Waals surface area contributed by atoms with Crippen LogP contribution in [0.1, 0.15) is 12.0 Å². The van der Waals surface area contributed by atoms with E-state index < -0.39 is 0 Å². The van der Waals surface area contributed by atoms with Crippen LogP contribution in [-0.2, 0) is 6.42 Å². The summed E-state index contributed by atoms with van der Waals surface area (Å²) >= 11 is 3.24. The number of hydrogen-bond donors (Lipinski definition) is 0. The first-order chi connectivity index (χ1) is 5.43. The molecule has 0 spiro atoms. The Hall–Kier alpha value is -0.560. The highest BCUT2D eigenvalue weighted by molar-refractivity contribution is 9.11. The molecule has 58 valence electrons. The summed E-state index contributed by atoms with van der Waals surface area (Å²) in [6, 6.07) is 10.5. The van der Waals surface area contributed by atoms with Gasteiger partial charge in [0.1, 0.15) is 0 Å². The van der Waals surface area contributed by atoms with Crippen LogP contribution in [0.5, 0.6) is 0 Å². The molecule has 0 aliphatic heterocycles. The van der Waals surface area contributed by atoms with Crippen LogP contribution in [0.4, 0.5) is 0 Å². The van der Waals surface area contributed by atoms with Crippen molar-refractivity contribution in [3.63, 3.8) is 0 Å². The molecule has 0 heterocycles. The number of aryl methyl sites for hydroxylation is 1. The van der Waals surface area contributed by atoms with E-state index in [1.165, 1.54) is 5.56 Å². The number of rotatable bonds is 3. The van der Waals surface area contributed by atoms with Crippen molar-refractivity contribution in [2.75, 3.05) is 0 Å². The van der Waals surface area contributed by atoms with Crippen LogP contribution in [0.25, 0.3) is 0 Å². The van der Waals surface area contributed by atoms with Gasteiger partial charge in [-0.15, -0.1) is 0 Å². The third-order valence-corrected chi connectivity index (χ3v) is 1.91. The van der Waals surface area contributed by atoms with Crippen LogP contribution in [-0.4, -0.2) is 0 Å². The maximum absolute atomic E-state index is 3.24. The van der Waals surface area contributed by atoms with E-state index in [2.05, 4.69) is 46.3 Å². The zero-order valence-corrected chi connectivity index (χ0v) is 7.92. The van der Waals surface area contributed by atoms with Gasteiger partial charge in [-0.1, -0.05) is 52.3 Å². The Labute approximate surface area is 76.1 Å². The van der Waals surface area contributed by atoms with Crippen molar-refractivity contribution in [2.45, 2.75) is 12.8 Å². The minimum atomic E-state index is 1.11. The van der Waals surface area contributed by atoms with Crippen LogP contribution in [0.15, 0.2) is 41.4 Å². The lowest BCUT2D eigenvalue weighted by Crippen LogP contribution is -1.80. The first kappa shape index (κ1) is 8.54. The summed E-state index contributed by atoms with van der Waals surface area (Å²) in [7, 11) is 0. The fourth-order valence-electron chi connectivity index (χ4n) is 0.958. The molecule has 0 saturated heterocycles. The molecule has 0 fully saturated rings. The summed E-state index contributed by atoms with van der Waals surface area (Å²) < 4.78 is 0. The van der Waals surface area contributed by atoms with Gasteiger partial charge in [0, 0.05) is 0 Å². The van der Waals surface area contributed by atoms with Gasteiger partial charge in [-0.3, -0.25) is 0 Å². The quantitative estimate of drug-likeness (QED) is 0.717. The molecule has 0 amide bonds. The normalized spacial score (nSPS) is 10.6. The molecule has 0 N–H and O–H groups in total. The highest BCUT2D eigenvalue weighted by Gasteiger charge is 1.86. The van der Waals surface area contributed by atoms with Gasteiger partial charge in [-0.2, -0.15) is 0 Å². The summed E-state index contributed by atoms with van der Waals surface area (Å²) in [5.41, 5.74) is 1.40. The minimum Gasteiger partial charge on any atom is -0.0773 e. The van der Waals surface area contributed by atoms with E-state index in [9.17, 15) is 0 Å². The molecule has 0 radical (unpaired) electrons. The molecule has 1 rings (SSSR count). The molecule has 11 heavy (non-hydrogen) atoms. The number of halogens is 1. The van der Waals surface area contributed by atoms with E-state index in [-0.39, 0.29) is 0 Å². The second-order valence-corrected chi connectivity index (χ2v) is 2.91. The third kappa shape index (κ3) is 3.38. The Balaban J connectivity index is 2.39. The smallest absolute Gasteiger partial charge is 0.0229 e. The average molecular weight is 211 g/mol. The Bertz CT molecular complexity index is 214. The van der Waals surface area contributed by atoms with Crippen molar-refractivity contribution < 1.29 is 0 Å². The predicted octanol–water partition coefficient (Wildman–Crippen LogP) is 3.53. The van der Waals surface area contributed by atoms with Crippen molar-refractivity contribution in [2.24, 2.45) is 0 Å². The summed E-state index contributed by atoms with van der Waals surface area (Å²) in [6.07, 6.45) is 4.35. The lowest BCUT2D eigenvalue weighted by molar-refractivity contribution is 1.00. The summed E-state index contributed by atoms with van der Waals surface area (Å²) in [5.74, 6) is 0. The summed E-state index contributed by atoms with van der Waals surface area (Å²) in [5, 5.41) is 0. The van der Waals surface area contributed by atoms with Crippen molar-refractivity contribution in [3.05, 3.63) is 47.0 Å². The average Bonchev–Trinajstić information content (AvgIpc) is 2.07. The van der Waals surface area contributed by atoms with Crippen LogP contribution in [0.3, 0.4) is 0 Å². The Morgan fingerprint density at radius 2 is 1.91 bits per heavy atom. The van der Waals surface area contributed by atoms with Crippen molar-refractivity contribution >= 4 is 15.9 Å². The number of benzene rings is 1. The van der Waals surface area contributed by atoms with Crippen LogP contribution < -0.4 is 0 Å². The molecule has 0 bridgehead atoms. The lowest BCUT2D eigenvalue weighted by Gasteiger charge is -1.95. The van der Waals surface area contributed by atoms with Gasteiger partial charge in [-0.25, -0.2) is 0 Å². The Kier molecular flexibility index (Phi) is 3.99. The first-order valence-corrected chi connectivity index (χ1v) is 4.64. The second-order valence-electron chi connectivity index (χ2n) is 2.39. The van der Waals surface area contributed by atoms with Gasteiger partial charge < -0.3 is 0 Å². The standard InChI is InChI=1S/C10H11Br/c11-9-5-4-8-10-6-2-1-3-7-10/h1-3,5-7,9H,4,8H2. The fraction of sp³-hybridized carbons (Fsp3) is 0.200. The molecule has 0 saturated carbocycles. The maximum Gasteiger partial charge on any atom is -0.0229 e. The van der Waals surface area contributed by atoms with Crippen molar-refractivity contribution in [1.29, 1.82) is 0 Å². The molecule has 1 heteroatoms. The lowest BCUT2D eigenvalue weighted by atomic mass is 10.1. The molecule has 0 aliphatic carbocycles. The third-order valence-electron chi connectivity index (χ3n) is 1.53. The maximum atomic E-state index is 3.24. The van der Waals surface area contributed by atoms with E-state index in [4.69, 9.17) is 0 Å². The highest BCUT2D eigenvalue weighted by Crippen LogP contribution is 2.02. The van der Waals surface area contributed by atoms with Gasteiger partial charge in [0.15, 0.2) is 0 Å². The topological polar surface area (TPSA) is 0 Å². The van der Waals surface area contributed by atoms with E-state index in [1.54, 1.807) is 0 Å². The first-order valence-electron chi connectivity index (χ1n) is 3.72. The molecule has 0 unspecified atom stereocenters. The van der Waals surface area contributed by atoms with Crippen LogP contribution >= 0.6 is 15.9 Å². The summed E-state index contributed by atoms with van der Waals surface area (Å²) in [6.45, 7) is 0. The Morgan fingerprint density at radius 3 is 2.55 bits per heavy atom. The molecule has 0 nitrogen and oxygen atoms in total. The van der Waals surface area contributed by atoms with E-state index in [0.29, 0.717) is 0 Å². The van der Waals surface area contributed by atoms with E-state index in [0.717, 1.165) is 12.8 Å². The van der Waals surface area contributed by atoms with Crippen LogP contribution in [0.2, 0.25) is 0 Å².